The number of hydrogen-bond acceptors (Lipinski definition) is 5. The molecule has 1 atom stereocenters. The highest BCUT2D eigenvalue weighted by atomic mass is 79.9. The average molecular weight is 333 g/mol. The van der Waals surface area contributed by atoms with Gasteiger partial charge < -0.3 is 10.1 Å². The minimum absolute atomic E-state index is 0.137. The number of hydrogen-bond donors (Lipinski definition) is 1. The fourth-order valence-corrected chi connectivity index (χ4v) is 1.81. The van der Waals surface area contributed by atoms with E-state index in [0.717, 1.165) is 0 Å². The molecule has 7 heteroatoms. The van der Waals surface area contributed by atoms with Crippen LogP contribution < -0.4 is 5.32 Å². The van der Waals surface area contributed by atoms with E-state index in [0.29, 0.717) is 15.9 Å². The second kappa shape index (κ2) is 6.75. The zero-order chi connectivity index (χ0) is 13.7. The Morgan fingerprint density at radius 2 is 2.22 bits per heavy atom. The zero-order valence-electron chi connectivity index (χ0n) is 10.2. The molecule has 0 aliphatic rings. The van der Waals surface area contributed by atoms with Crippen molar-refractivity contribution in [3.8, 4) is 0 Å². The number of nitrogens with zero attached hydrogens (tertiary/aromatic N) is 1. The van der Waals surface area contributed by atoms with Gasteiger partial charge in [0.15, 0.2) is 0 Å². The van der Waals surface area contributed by atoms with E-state index in [4.69, 9.17) is 0 Å². The molecule has 1 N–H and O–H groups in total. The highest BCUT2D eigenvalue weighted by molar-refractivity contribution is 9.10. The number of rotatable bonds is 4. The van der Waals surface area contributed by atoms with E-state index < -0.39 is 5.97 Å². The number of ether oxygens (including phenoxy) is 1. The number of halogens is 1. The van der Waals surface area contributed by atoms with E-state index >= 15 is 0 Å². The molecule has 18 heavy (non-hydrogen) atoms. The van der Waals surface area contributed by atoms with Gasteiger partial charge in [-0.25, -0.2) is 9.78 Å². The van der Waals surface area contributed by atoms with Gasteiger partial charge in [0, 0.05) is 6.20 Å². The quantitative estimate of drug-likeness (QED) is 0.857. The summed E-state index contributed by atoms with van der Waals surface area (Å²) in [6, 6.07) is 1.55. The van der Waals surface area contributed by atoms with Crippen LogP contribution in [0.3, 0.4) is 0 Å². The second-order valence-electron chi connectivity index (χ2n) is 3.41. The number of carbonyl (C=O) groups is 2. The topological polar surface area (TPSA) is 68.3 Å². The molecule has 1 rings (SSSR count). The first-order valence-electron chi connectivity index (χ1n) is 5.07. The van der Waals surface area contributed by atoms with E-state index in [9.17, 15) is 9.59 Å². The lowest BCUT2D eigenvalue weighted by atomic mass is 10.3. The van der Waals surface area contributed by atoms with Gasteiger partial charge in [0.05, 0.1) is 22.4 Å². The summed E-state index contributed by atoms with van der Waals surface area (Å²) in [7, 11) is 1.30. The van der Waals surface area contributed by atoms with Gasteiger partial charge in [-0.05, 0) is 35.2 Å². The molecular weight excluding hydrogens is 320 g/mol. The van der Waals surface area contributed by atoms with Crippen LogP contribution >= 0.6 is 27.7 Å². The highest BCUT2D eigenvalue weighted by Crippen LogP contribution is 2.22. The third-order valence-electron chi connectivity index (χ3n) is 2.23. The maximum Gasteiger partial charge on any atom is 0.339 e. The lowest BCUT2D eigenvalue weighted by Gasteiger charge is -2.10. The average Bonchev–Trinajstić information content (AvgIpc) is 2.38. The lowest BCUT2D eigenvalue weighted by molar-refractivity contribution is -0.115. The van der Waals surface area contributed by atoms with Crippen molar-refractivity contribution in [1.82, 2.24) is 4.98 Å². The molecule has 0 aromatic carbocycles. The van der Waals surface area contributed by atoms with E-state index in [-0.39, 0.29) is 11.2 Å². The Labute approximate surface area is 118 Å². The summed E-state index contributed by atoms with van der Waals surface area (Å²) < 4.78 is 5.11. The Morgan fingerprint density at radius 1 is 1.56 bits per heavy atom. The molecule has 1 aromatic heterocycles. The molecule has 1 aromatic rings. The summed E-state index contributed by atoms with van der Waals surface area (Å²) in [5, 5.41) is 2.51. The summed E-state index contributed by atoms with van der Waals surface area (Å²) in [6.07, 6.45) is 3.21. The van der Waals surface area contributed by atoms with Gasteiger partial charge in [-0.15, -0.1) is 0 Å². The largest absolute Gasteiger partial charge is 0.465 e. The van der Waals surface area contributed by atoms with Gasteiger partial charge in [-0.1, -0.05) is 0 Å². The first-order chi connectivity index (χ1) is 8.49. The number of methoxy groups -OCH3 is 1. The monoisotopic (exact) mass is 332 g/mol. The first kappa shape index (κ1) is 15.0. The van der Waals surface area contributed by atoms with Crippen LogP contribution in [0.5, 0.6) is 0 Å². The normalized spacial score (nSPS) is 11.8. The predicted molar refractivity (Wildman–Crippen MR) is 74.9 cm³/mol. The van der Waals surface area contributed by atoms with Crippen molar-refractivity contribution < 1.29 is 14.3 Å². The molecule has 5 nitrogen and oxygen atoms in total. The molecule has 0 saturated carbocycles. The summed E-state index contributed by atoms with van der Waals surface area (Å²) in [6.45, 7) is 1.80. The van der Waals surface area contributed by atoms with E-state index in [1.807, 2.05) is 6.26 Å². The fourth-order valence-electron chi connectivity index (χ4n) is 1.08. The number of pyridine rings is 1. The molecule has 0 fully saturated rings. The molecule has 1 amide bonds. The molecule has 0 spiro atoms. The summed E-state index contributed by atoms with van der Waals surface area (Å²) in [5.74, 6) is -0.228. The van der Waals surface area contributed by atoms with Crippen LogP contribution in [0.4, 0.5) is 5.82 Å². The van der Waals surface area contributed by atoms with Gasteiger partial charge in [-0.2, -0.15) is 11.8 Å². The fraction of sp³-hybridized carbons (Fsp3) is 0.364. The third kappa shape index (κ3) is 3.71. The van der Waals surface area contributed by atoms with Crippen molar-refractivity contribution >= 4 is 45.4 Å². The van der Waals surface area contributed by atoms with Crippen LogP contribution in [-0.4, -0.2) is 35.5 Å². The van der Waals surface area contributed by atoms with Crippen LogP contribution in [0.25, 0.3) is 0 Å². The molecule has 0 radical (unpaired) electrons. The van der Waals surface area contributed by atoms with Crippen molar-refractivity contribution in [3.05, 3.63) is 22.3 Å². The number of aromatic nitrogens is 1. The molecule has 0 aliphatic heterocycles. The van der Waals surface area contributed by atoms with Gasteiger partial charge in [0.25, 0.3) is 0 Å². The van der Waals surface area contributed by atoms with Gasteiger partial charge in [0.2, 0.25) is 5.91 Å². The Balaban J connectivity index is 2.86. The maximum atomic E-state index is 11.7. The molecule has 0 saturated heterocycles. The van der Waals surface area contributed by atoms with Crippen LogP contribution in [0.1, 0.15) is 17.3 Å². The van der Waals surface area contributed by atoms with Crippen molar-refractivity contribution in [1.29, 1.82) is 0 Å². The zero-order valence-corrected chi connectivity index (χ0v) is 12.6. The lowest BCUT2D eigenvalue weighted by Crippen LogP contribution is -2.23. The molecule has 1 unspecified atom stereocenters. The summed E-state index contributed by atoms with van der Waals surface area (Å²) in [4.78, 5) is 27.0. The van der Waals surface area contributed by atoms with Crippen LogP contribution in [0.15, 0.2) is 16.7 Å². The number of nitrogens with one attached hydrogen (secondary N) is 1. The predicted octanol–water partition coefficient (Wildman–Crippen LogP) is 2.32. The Hall–Kier alpha value is -1.08. The van der Waals surface area contributed by atoms with E-state index in [1.165, 1.54) is 25.1 Å². The van der Waals surface area contributed by atoms with E-state index in [2.05, 4.69) is 31.0 Å². The van der Waals surface area contributed by atoms with E-state index in [1.54, 1.807) is 13.0 Å². The minimum Gasteiger partial charge on any atom is -0.465 e. The minimum atomic E-state index is -0.474. The molecule has 98 valence electrons. The van der Waals surface area contributed by atoms with Crippen molar-refractivity contribution in [2.24, 2.45) is 0 Å². The molecule has 0 bridgehead atoms. The summed E-state index contributed by atoms with van der Waals surface area (Å²) >= 11 is 4.69. The number of esters is 1. The number of thioether (sulfide) groups is 1. The van der Waals surface area contributed by atoms with Crippen molar-refractivity contribution in [2.75, 3.05) is 18.7 Å². The number of anilines is 1. The molecular formula is C11H13BrN2O3S. The SMILES string of the molecule is COC(=O)c1cnc(NC(=O)C(C)SC)c(Br)c1. The standard InChI is InChI=1S/C11H13BrN2O3S/c1-6(18-3)10(15)14-9-8(12)4-7(5-13-9)11(16)17-2/h4-6H,1-3H3,(H,13,14,15). The number of carbonyl (C=O) groups excluding carboxylic acids is 2. The van der Waals surface area contributed by atoms with Crippen LogP contribution in [0, 0.1) is 0 Å². The second-order valence-corrected chi connectivity index (χ2v) is 5.45. The van der Waals surface area contributed by atoms with Crippen molar-refractivity contribution in [2.45, 2.75) is 12.2 Å². The highest BCUT2D eigenvalue weighted by Gasteiger charge is 2.15. The van der Waals surface area contributed by atoms with Gasteiger partial charge in [0.1, 0.15) is 5.82 Å². The summed E-state index contributed by atoms with van der Waals surface area (Å²) in [5.41, 5.74) is 0.320. The maximum absolute atomic E-state index is 11.7. The van der Waals surface area contributed by atoms with Gasteiger partial charge in [-0.3, -0.25) is 4.79 Å². The molecule has 1 heterocycles. The van der Waals surface area contributed by atoms with Crippen molar-refractivity contribution in [3.63, 3.8) is 0 Å². The van der Waals surface area contributed by atoms with Crippen LogP contribution in [-0.2, 0) is 9.53 Å². The Morgan fingerprint density at radius 3 is 2.72 bits per heavy atom. The third-order valence-corrected chi connectivity index (χ3v) is 3.75. The van der Waals surface area contributed by atoms with Crippen LogP contribution in [0.2, 0.25) is 0 Å². The molecule has 0 aliphatic carbocycles. The first-order valence-corrected chi connectivity index (χ1v) is 7.15. The smallest absolute Gasteiger partial charge is 0.339 e. The Kier molecular flexibility index (Phi) is 5.61. The Bertz CT molecular complexity index is 468. The van der Waals surface area contributed by atoms with Gasteiger partial charge >= 0.3 is 5.97 Å². The number of amides is 1.